The van der Waals surface area contributed by atoms with Crippen LogP contribution in [-0.2, 0) is 0 Å². The van der Waals surface area contributed by atoms with Crippen molar-refractivity contribution in [3.8, 4) is 5.75 Å². The molecule has 0 radical (unpaired) electrons. The molecule has 0 bridgehead atoms. The van der Waals surface area contributed by atoms with Crippen LogP contribution in [0.2, 0.25) is 10.0 Å². The van der Waals surface area contributed by atoms with Gasteiger partial charge in [0.15, 0.2) is 5.52 Å². The van der Waals surface area contributed by atoms with E-state index < -0.39 is 0 Å². The van der Waals surface area contributed by atoms with Crippen molar-refractivity contribution < 1.29 is 9.53 Å². The number of hydrogen-bond donors (Lipinski definition) is 0. The van der Waals surface area contributed by atoms with Gasteiger partial charge in [0.25, 0.3) is 0 Å². The van der Waals surface area contributed by atoms with Crippen LogP contribution >= 0.6 is 31.8 Å². The van der Waals surface area contributed by atoms with E-state index in [1.54, 1.807) is 12.1 Å². The van der Waals surface area contributed by atoms with Crippen molar-refractivity contribution >= 4 is 42.6 Å². The Kier molecular flexibility index (Phi) is 4.81. The molecule has 2 nitrogen and oxygen atoms in total. The highest BCUT2D eigenvalue weighted by molar-refractivity contribution is 7.66. The summed E-state index contributed by atoms with van der Waals surface area (Å²) >= 11 is 12.1. The molecule has 0 aliphatic rings. The van der Waals surface area contributed by atoms with Crippen LogP contribution in [0.25, 0.3) is 0 Å². The maximum Gasteiger partial charge on any atom is 0.190 e. The summed E-state index contributed by atoms with van der Waals surface area (Å²) in [6, 6.07) is 12.7. The number of carbonyl (C=O) groups is 1. The van der Waals surface area contributed by atoms with Crippen LogP contribution in [-0.4, -0.2) is 12.6 Å². The maximum atomic E-state index is 12.4. The van der Waals surface area contributed by atoms with E-state index >= 15 is 0 Å². The number of hydrogen-bond acceptors (Lipinski definition) is 2. The molecule has 0 aliphatic carbocycles. The van der Waals surface area contributed by atoms with Gasteiger partial charge in [-0.2, -0.15) is 0 Å². The highest BCUT2D eigenvalue weighted by Gasteiger charge is 2.19. The van der Waals surface area contributed by atoms with Crippen molar-refractivity contribution in [3.63, 3.8) is 0 Å². The van der Waals surface area contributed by atoms with Crippen molar-refractivity contribution in [2.45, 2.75) is 0 Å². The minimum absolute atomic E-state index is 0.0141. The van der Waals surface area contributed by atoms with Crippen molar-refractivity contribution in [1.29, 1.82) is 0 Å². The number of rotatable bonds is 4. The van der Waals surface area contributed by atoms with Gasteiger partial charge in [-0.3, -0.25) is 4.79 Å². The summed E-state index contributed by atoms with van der Waals surface area (Å²) < 4.78 is 5.18. The van der Waals surface area contributed by atoms with E-state index in [0.717, 1.165) is 5.30 Å². The SMILES string of the molecule is COc1c(Cl)ccc(Cl)c1C(=O)Pc1ccccc1. The Morgan fingerprint density at radius 1 is 1.05 bits per heavy atom. The van der Waals surface area contributed by atoms with E-state index in [9.17, 15) is 4.79 Å². The normalized spacial score (nSPS) is 10.9. The number of benzene rings is 2. The van der Waals surface area contributed by atoms with Gasteiger partial charge >= 0.3 is 0 Å². The smallest absolute Gasteiger partial charge is 0.190 e. The van der Waals surface area contributed by atoms with Crippen LogP contribution in [0.1, 0.15) is 10.4 Å². The molecule has 0 spiro atoms. The largest absolute Gasteiger partial charge is 0.494 e. The molecule has 0 fully saturated rings. The van der Waals surface area contributed by atoms with Gasteiger partial charge in [0.1, 0.15) is 5.75 Å². The fourth-order valence-electron chi connectivity index (χ4n) is 1.66. The van der Waals surface area contributed by atoms with Gasteiger partial charge in [0, 0.05) is 0 Å². The highest BCUT2D eigenvalue weighted by Crippen LogP contribution is 2.37. The molecule has 0 saturated heterocycles. The second kappa shape index (κ2) is 6.38. The predicted molar refractivity (Wildman–Crippen MR) is 81.7 cm³/mol. The van der Waals surface area contributed by atoms with Crippen LogP contribution in [0.15, 0.2) is 42.5 Å². The van der Waals surface area contributed by atoms with E-state index in [1.807, 2.05) is 30.3 Å². The molecule has 1 atom stereocenters. The van der Waals surface area contributed by atoms with Gasteiger partial charge in [0.2, 0.25) is 0 Å². The first-order chi connectivity index (χ1) is 9.13. The highest BCUT2D eigenvalue weighted by atomic mass is 35.5. The fraction of sp³-hybridized carbons (Fsp3) is 0.0714. The van der Waals surface area contributed by atoms with Gasteiger partial charge in [0.05, 0.1) is 22.7 Å². The topological polar surface area (TPSA) is 26.3 Å². The zero-order chi connectivity index (χ0) is 13.8. The number of methoxy groups -OCH3 is 1. The van der Waals surface area contributed by atoms with Gasteiger partial charge < -0.3 is 4.74 Å². The summed E-state index contributed by atoms with van der Waals surface area (Å²) in [6.07, 6.45) is 0. The summed E-state index contributed by atoms with van der Waals surface area (Å²) in [4.78, 5) is 12.4. The van der Waals surface area contributed by atoms with Gasteiger partial charge in [-0.25, -0.2) is 0 Å². The van der Waals surface area contributed by atoms with Gasteiger partial charge in [-0.05, 0) is 26.0 Å². The van der Waals surface area contributed by atoms with E-state index in [-0.39, 0.29) is 14.1 Å². The fourth-order valence-corrected chi connectivity index (χ4v) is 3.20. The minimum atomic E-state index is -0.0875. The molecule has 0 saturated carbocycles. The first-order valence-electron chi connectivity index (χ1n) is 5.52. The van der Waals surface area contributed by atoms with Crippen molar-refractivity contribution in [2.75, 3.05) is 7.11 Å². The third-order valence-electron chi connectivity index (χ3n) is 2.52. The third-order valence-corrected chi connectivity index (χ3v) is 4.23. The van der Waals surface area contributed by atoms with E-state index in [1.165, 1.54) is 7.11 Å². The lowest BCUT2D eigenvalue weighted by atomic mass is 10.2. The van der Waals surface area contributed by atoms with Crippen LogP contribution in [0, 0.1) is 0 Å². The lowest BCUT2D eigenvalue weighted by Gasteiger charge is -2.11. The lowest BCUT2D eigenvalue weighted by molar-refractivity contribution is 0.108. The molecule has 98 valence electrons. The number of halogens is 2. The Hall–Kier alpha value is -1.08. The summed E-state index contributed by atoms with van der Waals surface area (Å²) in [5.41, 5.74) is 0.259. The van der Waals surface area contributed by atoms with Crippen molar-refractivity contribution in [1.82, 2.24) is 0 Å². The van der Waals surface area contributed by atoms with Crippen LogP contribution in [0.4, 0.5) is 0 Å². The molecule has 5 heteroatoms. The Morgan fingerprint density at radius 2 is 1.68 bits per heavy atom. The zero-order valence-electron chi connectivity index (χ0n) is 10.1. The summed E-state index contributed by atoms with van der Waals surface area (Å²) in [5.74, 6) is 0.336. The maximum absolute atomic E-state index is 12.4. The molecule has 1 unspecified atom stereocenters. The first kappa shape index (κ1) is 14.3. The molecule has 0 amide bonds. The molecule has 19 heavy (non-hydrogen) atoms. The predicted octanol–water partition coefficient (Wildman–Crippen LogP) is 4.15. The Balaban J connectivity index is 2.36. The second-order valence-electron chi connectivity index (χ2n) is 3.76. The molecule has 0 N–H and O–H groups in total. The standard InChI is InChI=1S/C14H11Cl2O2P/c1-18-13-11(16)8-7-10(15)12(13)14(17)19-9-5-3-2-4-6-9/h2-8,19H,1H3. The molecule has 2 aromatic carbocycles. The Bertz CT molecular complexity index is 600. The average Bonchev–Trinajstić information content (AvgIpc) is 2.42. The quantitative estimate of drug-likeness (QED) is 0.793. The average molecular weight is 313 g/mol. The zero-order valence-corrected chi connectivity index (χ0v) is 12.6. The first-order valence-corrected chi connectivity index (χ1v) is 7.27. The molecule has 0 heterocycles. The molecule has 2 aromatic rings. The minimum Gasteiger partial charge on any atom is -0.494 e. The number of carbonyl (C=O) groups excluding carboxylic acids is 1. The Labute approximate surface area is 123 Å². The van der Waals surface area contributed by atoms with E-state index in [0.29, 0.717) is 21.4 Å². The van der Waals surface area contributed by atoms with Crippen LogP contribution in [0.3, 0.4) is 0 Å². The molecular formula is C14H11Cl2O2P. The third kappa shape index (κ3) is 3.27. The van der Waals surface area contributed by atoms with Crippen molar-refractivity contribution in [3.05, 3.63) is 58.1 Å². The van der Waals surface area contributed by atoms with E-state index in [4.69, 9.17) is 27.9 Å². The van der Waals surface area contributed by atoms with Gasteiger partial charge in [-0.15, -0.1) is 0 Å². The molecule has 0 aromatic heterocycles. The summed E-state index contributed by atoms with van der Waals surface area (Å²) in [5, 5.41) is 1.69. The van der Waals surface area contributed by atoms with Gasteiger partial charge in [-0.1, -0.05) is 53.5 Å². The second-order valence-corrected chi connectivity index (χ2v) is 5.85. The molecule has 0 aliphatic heterocycles. The number of ether oxygens (including phenoxy) is 1. The van der Waals surface area contributed by atoms with Crippen molar-refractivity contribution in [2.24, 2.45) is 0 Å². The van der Waals surface area contributed by atoms with Crippen LogP contribution in [0.5, 0.6) is 5.75 Å². The lowest BCUT2D eigenvalue weighted by Crippen LogP contribution is -2.03. The molecule has 2 rings (SSSR count). The monoisotopic (exact) mass is 312 g/mol. The van der Waals surface area contributed by atoms with E-state index in [2.05, 4.69) is 0 Å². The Morgan fingerprint density at radius 3 is 2.32 bits per heavy atom. The summed E-state index contributed by atoms with van der Waals surface area (Å²) in [7, 11) is 1.46. The molecular weight excluding hydrogens is 302 g/mol. The summed E-state index contributed by atoms with van der Waals surface area (Å²) in [6.45, 7) is 0. The van der Waals surface area contributed by atoms with Crippen LogP contribution < -0.4 is 10.0 Å².